The maximum atomic E-state index is 11.2. The van der Waals surface area contributed by atoms with Crippen molar-refractivity contribution in [2.75, 3.05) is 6.54 Å². The Balaban J connectivity index is 2.86. The topological polar surface area (TPSA) is 37.4 Å². The number of likely N-dealkylation sites (tertiary alicyclic amines) is 1. The summed E-state index contributed by atoms with van der Waals surface area (Å²) in [6.45, 7) is 8.67. The van der Waals surface area contributed by atoms with E-state index in [2.05, 4.69) is 25.3 Å². The predicted octanol–water partition coefficient (Wildman–Crippen LogP) is 2.33. The normalized spacial score (nSPS) is 24.4. The molecule has 1 unspecified atom stereocenters. The van der Waals surface area contributed by atoms with E-state index in [0.717, 1.165) is 25.8 Å². The molecule has 0 saturated carbocycles. The quantitative estimate of drug-likeness (QED) is 0.723. The first-order valence-corrected chi connectivity index (χ1v) is 7.54. The van der Waals surface area contributed by atoms with Crippen molar-refractivity contribution < 1.29 is 8.42 Å². The lowest BCUT2D eigenvalue weighted by atomic mass is 10.0. The summed E-state index contributed by atoms with van der Waals surface area (Å²) in [7, 11) is 1.70. The third-order valence-electron chi connectivity index (χ3n) is 2.89. The Labute approximate surface area is 96.5 Å². The first-order valence-electron chi connectivity index (χ1n) is 5.23. The zero-order valence-corrected chi connectivity index (χ0v) is 10.8. The van der Waals surface area contributed by atoms with Gasteiger partial charge in [0.2, 0.25) is 0 Å². The van der Waals surface area contributed by atoms with Gasteiger partial charge in [0.15, 0.2) is 0 Å². The Morgan fingerprint density at radius 2 is 2.07 bits per heavy atom. The maximum absolute atomic E-state index is 11.2. The molecule has 0 aromatic heterocycles. The second kappa shape index (κ2) is 4.85. The van der Waals surface area contributed by atoms with Gasteiger partial charge in [-0.05, 0) is 33.2 Å². The number of hydrogen-bond acceptors (Lipinski definition) is 3. The molecular formula is C10H18ClNO2S. The molecule has 0 spiro atoms. The van der Waals surface area contributed by atoms with Crippen molar-refractivity contribution in [3.8, 4) is 0 Å². The molecule has 88 valence electrons. The highest BCUT2D eigenvalue weighted by Crippen LogP contribution is 2.28. The van der Waals surface area contributed by atoms with Gasteiger partial charge < -0.3 is 0 Å². The Morgan fingerprint density at radius 1 is 1.47 bits per heavy atom. The lowest BCUT2D eigenvalue weighted by Gasteiger charge is -2.38. The van der Waals surface area contributed by atoms with Gasteiger partial charge in [-0.15, -0.1) is 0 Å². The molecule has 5 heteroatoms. The largest absolute Gasteiger partial charge is 0.293 e. The molecule has 0 aromatic rings. The van der Waals surface area contributed by atoms with Gasteiger partial charge in [0.25, 0.3) is 9.05 Å². The second-order valence-electron chi connectivity index (χ2n) is 4.25. The van der Waals surface area contributed by atoms with E-state index in [4.69, 9.17) is 10.7 Å². The minimum Gasteiger partial charge on any atom is -0.293 e. The molecule has 1 rings (SSSR count). The van der Waals surface area contributed by atoms with Crippen LogP contribution in [0.5, 0.6) is 0 Å². The van der Waals surface area contributed by atoms with Crippen LogP contribution in [0.3, 0.4) is 0 Å². The summed E-state index contributed by atoms with van der Waals surface area (Å²) in [5.41, 5.74) is 0. The van der Waals surface area contributed by atoms with E-state index in [9.17, 15) is 8.42 Å². The third kappa shape index (κ3) is 3.20. The smallest absolute Gasteiger partial charge is 0.258 e. The highest BCUT2D eigenvalue weighted by Gasteiger charge is 2.31. The molecule has 0 aromatic carbocycles. The van der Waals surface area contributed by atoms with Crippen molar-refractivity contribution in [2.45, 2.75) is 45.2 Å². The summed E-state index contributed by atoms with van der Waals surface area (Å²) in [4.78, 5) is 2.31. The van der Waals surface area contributed by atoms with Crippen molar-refractivity contribution in [1.82, 2.24) is 4.90 Å². The summed E-state index contributed by atoms with van der Waals surface area (Å²) in [5, 5.41) is 0. The molecule has 15 heavy (non-hydrogen) atoms. The third-order valence-corrected chi connectivity index (χ3v) is 4.39. The number of rotatable bonds is 3. The summed E-state index contributed by atoms with van der Waals surface area (Å²) >= 11 is 0. The minimum atomic E-state index is -3.63. The minimum absolute atomic E-state index is 0.110. The van der Waals surface area contributed by atoms with Gasteiger partial charge in [0.05, 0.1) is 4.91 Å². The van der Waals surface area contributed by atoms with Gasteiger partial charge in [0, 0.05) is 22.8 Å². The number of halogens is 1. The molecule has 1 saturated heterocycles. The van der Waals surface area contributed by atoms with Crippen LogP contribution >= 0.6 is 10.7 Å². The van der Waals surface area contributed by atoms with Crippen LogP contribution in [-0.2, 0) is 9.05 Å². The molecule has 1 heterocycles. The van der Waals surface area contributed by atoms with E-state index in [0.29, 0.717) is 6.04 Å². The van der Waals surface area contributed by atoms with E-state index in [1.165, 1.54) is 0 Å². The maximum Gasteiger partial charge on any atom is 0.258 e. The average molecular weight is 252 g/mol. The van der Waals surface area contributed by atoms with Gasteiger partial charge in [-0.2, -0.15) is 0 Å². The summed E-state index contributed by atoms with van der Waals surface area (Å²) in [5.74, 6) is 0. The molecule has 0 bridgehead atoms. The van der Waals surface area contributed by atoms with Crippen LogP contribution in [0.15, 0.2) is 11.5 Å². The first-order chi connectivity index (χ1) is 6.84. The van der Waals surface area contributed by atoms with Gasteiger partial charge >= 0.3 is 0 Å². The molecule has 1 aliphatic rings. The predicted molar refractivity (Wildman–Crippen MR) is 63.4 cm³/mol. The molecule has 0 aliphatic carbocycles. The van der Waals surface area contributed by atoms with Crippen LogP contribution in [0, 0.1) is 0 Å². The molecule has 0 N–H and O–H groups in total. The van der Waals surface area contributed by atoms with Crippen LogP contribution in [0.4, 0.5) is 0 Å². The second-order valence-corrected chi connectivity index (χ2v) is 6.87. The van der Waals surface area contributed by atoms with E-state index in [1.807, 2.05) is 0 Å². The summed E-state index contributed by atoms with van der Waals surface area (Å²) < 4.78 is 22.5. The van der Waals surface area contributed by atoms with Crippen molar-refractivity contribution in [3.05, 3.63) is 11.5 Å². The zero-order chi connectivity index (χ0) is 11.6. The Bertz CT molecular complexity index is 337. The van der Waals surface area contributed by atoms with Crippen LogP contribution in [-0.4, -0.2) is 31.9 Å². The fourth-order valence-corrected chi connectivity index (χ4v) is 2.97. The SMILES string of the molecule is C=C(C1CCCCN1C(C)C)S(=O)(=O)Cl. The highest BCUT2D eigenvalue weighted by atomic mass is 35.7. The van der Waals surface area contributed by atoms with Crippen molar-refractivity contribution in [3.63, 3.8) is 0 Å². The van der Waals surface area contributed by atoms with Crippen molar-refractivity contribution in [2.24, 2.45) is 0 Å². The average Bonchev–Trinajstić information content (AvgIpc) is 2.15. The molecule has 1 atom stereocenters. The standard InChI is InChI=1S/C10H18ClNO2S/c1-8(2)12-7-5-4-6-10(12)9(3)15(11,13)14/h8,10H,3-7H2,1-2H3. The van der Waals surface area contributed by atoms with Crippen molar-refractivity contribution >= 4 is 19.7 Å². The molecule has 0 amide bonds. The molecule has 0 radical (unpaired) electrons. The first kappa shape index (κ1) is 13.0. The van der Waals surface area contributed by atoms with Crippen LogP contribution < -0.4 is 0 Å². The Kier molecular flexibility index (Phi) is 4.20. The molecule has 1 fully saturated rings. The van der Waals surface area contributed by atoms with Crippen molar-refractivity contribution in [1.29, 1.82) is 0 Å². The van der Waals surface area contributed by atoms with Crippen LogP contribution in [0.1, 0.15) is 33.1 Å². The Hall–Kier alpha value is -0.0600. The molecule has 1 aliphatic heterocycles. The fraction of sp³-hybridized carbons (Fsp3) is 0.800. The Morgan fingerprint density at radius 3 is 2.53 bits per heavy atom. The lowest BCUT2D eigenvalue weighted by Crippen LogP contribution is -2.45. The fourth-order valence-electron chi connectivity index (χ4n) is 2.08. The zero-order valence-electron chi connectivity index (χ0n) is 9.24. The van der Waals surface area contributed by atoms with E-state index < -0.39 is 9.05 Å². The van der Waals surface area contributed by atoms with E-state index in [-0.39, 0.29) is 10.9 Å². The lowest BCUT2D eigenvalue weighted by molar-refractivity contribution is 0.138. The molecular weight excluding hydrogens is 234 g/mol. The van der Waals surface area contributed by atoms with Gasteiger partial charge in [-0.25, -0.2) is 8.42 Å². The highest BCUT2D eigenvalue weighted by molar-refractivity contribution is 8.16. The van der Waals surface area contributed by atoms with Gasteiger partial charge in [-0.3, -0.25) is 4.90 Å². The number of piperidine rings is 1. The van der Waals surface area contributed by atoms with Crippen LogP contribution in [0.2, 0.25) is 0 Å². The molecule has 3 nitrogen and oxygen atoms in total. The number of nitrogens with zero attached hydrogens (tertiary/aromatic N) is 1. The van der Waals surface area contributed by atoms with Gasteiger partial charge in [0.1, 0.15) is 0 Å². The monoisotopic (exact) mass is 251 g/mol. The van der Waals surface area contributed by atoms with E-state index in [1.54, 1.807) is 0 Å². The number of hydrogen-bond donors (Lipinski definition) is 0. The van der Waals surface area contributed by atoms with Crippen LogP contribution in [0.25, 0.3) is 0 Å². The summed E-state index contributed by atoms with van der Waals surface area (Å²) in [6.07, 6.45) is 2.99. The van der Waals surface area contributed by atoms with Gasteiger partial charge in [-0.1, -0.05) is 13.0 Å². The van der Waals surface area contributed by atoms with E-state index >= 15 is 0 Å². The summed E-state index contributed by atoms with van der Waals surface area (Å²) in [6, 6.07) is 0.215.